The number of sulfonamides is 1. The number of likely N-dealkylation sites (N-methyl/N-ethyl adjacent to an activating group) is 2. The van der Waals surface area contributed by atoms with Gasteiger partial charge in [-0.25, -0.2) is 8.42 Å². The molecule has 0 aliphatic rings. The molecule has 0 fully saturated rings. The van der Waals surface area contributed by atoms with Crippen molar-refractivity contribution in [1.82, 2.24) is 14.5 Å². The highest BCUT2D eigenvalue weighted by Gasteiger charge is 2.31. The first-order valence-corrected chi connectivity index (χ1v) is 12.6. The number of nitrogens with zero attached hydrogens (tertiary/aromatic N) is 2. The minimum Gasteiger partial charge on any atom is -0.357 e. The van der Waals surface area contributed by atoms with Crippen molar-refractivity contribution in [2.24, 2.45) is 0 Å². The number of rotatable bonds is 9. The minimum absolute atomic E-state index is 0.116. The molecule has 1 N–H and O–H groups in total. The summed E-state index contributed by atoms with van der Waals surface area (Å²) in [4.78, 5) is 27.5. The van der Waals surface area contributed by atoms with Crippen LogP contribution in [0.5, 0.6) is 0 Å². The molecule has 3 aromatic rings. The predicted octanol–water partition coefficient (Wildman–Crippen LogP) is 3.32. The lowest BCUT2D eigenvalue weighted by Crippen LogP contribution is -2.51. The Hall–Kier alpha value is -3.23. The molecule has 0 saturated heterocycles. The summed E-state index contributed by atoms with van der Waals surface area (Å²) in [5.41, 5.74) is 1.91. The van der Waals surface area contributed by atoms with Crippen molar-refractivity contribution in [3.63, 3.8) is 0 Å². The molecule has 0 unspecified atom stereocenters. The molecule has 0 aliphatic heterocycles. The molecule has 3 aromatic carbocycles. The molecule has 8 heteroatoms. The summed E-state index contributed by atoms with van der Waals surface area (Å²) >= 11 is 0. The summed E-state index contributed by atoms with van der Waals surface area (Å²) in [6.07, 6.45) is 0.401. The summed E-state index contributed by atoms with van der Waals surface area (Å²) in [6, 6.07) is 19.4. The lowest BCUT2D eigenvalue weighted by molar-refractivity contribution is -0.141. The number of carbonyl (C=O) groups is 2. The first kappa shape index (κ1) is 25.4. The molecule has 1 atom stereocenters. The Labute approximate surface area is 201 Å². The molecular weight excluding hydrogens is 450 g/mol. The van der Waals surface area contributed by atoms with Gasteiger partial charge in [-0.1, -0.05) is 67.1 Å². The van der Waals surface area contributed by atoms with E-state index in [1.807, 2.05) is 62.4 Å². The summed E-state index contributed by atoms with van der Waals surface area (Å²) in [6.45, 7) is 3.60. The van der Waals surface area contributed by atoms with Gasteiger partial charge in [-0.05, 0) is 41.8 Å². The molecule has 180 valence electrons. The number of hydrogen-bond donors (Lipinski definition) is 1. The van der Waals surface area contributed by atoms with E-state index in [9.17, 15) is 18.0 Å². The van der Waals surface area contributed by atoms with Crippen LogP contribution in [0.1, 0.15) is 24.5 Å². The van der Waals surface area contributed by atoms with Gasteiger partial charge >= 0.3 is 0 Å². The highest BCUT2D eigenvalue weighted by molar-refractivity contribution is 7.89. The minimum atomic E-state index is -3.91. The Balaban J connectivity index is 1.88. The third kappa shape index (κ3) is 5.63. The summed E-state index contributed by atoms with van der Waals surface area (Å²) < 4.78 is 27.5. The van der Waals surface area contributed by atoms with E-state index in [-0.39, 0.29) is 23.9 Å². The van der Waals surface area contributed by atoms with E-state index < -0.39 is 22.0 Å². The molecule has 0 aliphatic carbocycles. The fourth-order valence-corrected chi connectivity index (χ4v) is 5.12. The van der Waals surface area contributed by atoms with Crippen LogP contribution < -0.4 is 5.32 Å². The highest BCUT2D eigenvalue weighted by Crippen LogP contribution is 2.22. The van der Waals surface area contributed by atoms with Crippen molar-refractivity contribution in [3.8, 4) is 0 Å². The van der Waals surface area contributed by atoms with E-state index in [2.05, 4.69) is 5.32 Å². The first-order valence-electron chi connectivity index (χ1n) is 11.2. The quantitative estimate of drug-likeness (QED) is 0.508. The molecule has 34 heavy (non-hydrogen) atoms. The summed E-state index contributed by atoms with van der Waals surface area (Å²) in [5, 5.41) is 4.34. The average molecular weight is 482 g/mol. The van der Waals surface area contributed by atoms with Crippen LogP contribution in [-0.2, 0) is 26.2 Å². The van der Waals surface area contributed by atoms with Crippen LogP contribution in [0.15, 0.2) is 71.6 Å². The van der Waals surface area contributed by atoms with Crippen LogP contribution >= 0.6 is 0 Å². The molecule has 0 aromatic heterocycles. The Morgan fingerprint density at radius 3 is 2.32 bits per heavy atom. The zero-order chi connectivity index (χ0) is 24.9. The Bertz CT molecular complexity index is 1290. The van der Waals surface area contributed by atoms with Crippen LogP contribution in [0.4, 0.5) is 0 Å². The molecule has 3 rings (SSSR count). The molecule has 0 radical (unpaired) electrons. The maximum Gasteiger partial charge on any atom is 0.243 e. The van der Waals surface area contributed by atoms with Crippen LogP contribution in [0.25, 0.3) is 10.8 Å². The predicted molar refractivity (Wildman–Crippen MR) is 134 cm³/mol. The average Bonchev–Trinajstić information content (AvgIpc) is 2.83. The van der Waals surface area contributed by atoms with E-state index in [4.69, 9.17) is 0 Å². The van der Waals surface area contributed by atoms with Crippen molar-refractivity contribution >= 4 is 32.6 Å². The second-order valence-electron chi connectivity index (χ2n) is 8.32. The van der Waals surface area contributed by atoms with Crippen molar-refractivity contribution in [1.29, 1.82) is 0 Å². The van der Waals surface area contributed by atoms with Gasteiger partial charge in [0.05, 0.1) is 11.4 Å². The maximum atomic E-state index is 13.4. The third-order valence-corrected chi connectivity index (χ3v) is 7.65. The second-order valence-corrected chi connectivity index (χ2v) is 10.4. The zero-order valence-electron chi connectivity index (χ0n) is 20.0. The Kier molecular flexibility index (Phi) is 8.06. The van der Waals surface area contributed by atoms with Gasteiger partial charge in [-0.2, -0.15) is 4.31 Å². The van der Waals surface area contributed by atoms with Crippen molar-refractivity contribution < 1.29 is 18.0 Å². The van der Waals surface area contributed by atoms with Gasteiger partial charge in [0.1, 0.15) is 6.04 Å². The molecule has 7 nitrogen and oxygen atoms in total. The van der Waals surface area contributed by atoms with E-state index >= 15 is 0 Å². The molecule has 2 amide bonds. The van der Waals surface area contributed by atoms with Crippen molar-refractivity contribution in [2.45, 2.75) is 37.8 Å². The van der Waals surface area contributed by atoms with Gasteiger partial charge in [-0.3, -0.25) is 9.59 Å². The fraction of sp³-hybridized carbons (Fsp3) is 0.308. The first-order chi connectivity index (χ1) is 16.2. The molecule has 0 saturated carbocycles. The van der Waals surface area contributed by atoms with E-state index in [0.29, 0.717) is 6.42 Å². The largest absolute Gasteiger partial charge is 0.357 e. The van der Waals surface area contributed by atoms with Gasteiger partial charge in [0.2, 0.25) is 21.8 Å². The fourth-order valence-electron chi connectivity index (χ4n) is 3.97. The number of amides is 2. The van der Waals surface area contributed by atoms with Crippen LogP contribution in [0, 0.1) is 6.92 Å². The van der Waals surface area contributed by atoms with E-state index in [1.165, 1.54) is 19.0 Å². The van der Waals surface area contributed by atoms with E-state index in [0.717, 1.165) is 26.2 Å². The Morgan fingerprint density at radius 2 is 1.68 bits per heavy atom. The van der Waals surface area contributed by atoms with Crippen molar-refractivity contribution in [3.05, 3.63) is 77.9 Å². The summed E-state index contributed by atoms with van der Waals surface area (Å²) in [5.74, 6) is -0.729. The molecule has 0 spiro atoms. The van der Waals surface area contributed by atoms with Crippen LogP contribution in [0.3, 0.4) is 0 Å². The number of carbonyl (C=O) groups excluding carboxylic acids is 2. The zero-order valence-corrected chi connectivity index (χ0v) is 20.8. The van der Waals surface area contributed by atoms with Crippen LogP contribution in [-0.4, -0.2) is 56.1 Å². The second kappa shape index (κ2) is 10.8. The number of benzene rings is 3. The van der Waals surface area contributed by atoms with Gasteiger partial charge < -0.3 is 10.2 Å². The van der Waals surface area contributed by atoms with Gasteiger partial charge in [0.25, 0.3) is 0 Å². The topological polar surface area (TPSA) is 86.8 Å². The molecule has 0 heterocycles. The van der Waals surface area contributed by atoms with Crippen LogP contribution in [0.2, 0.25) is 0 Å². The highest BCUT2D eigenvalue weighted by atomic mass is 32.2. The summed E-state index contributed by atoms with van der Waals surface area (Å²) in [7, 11) is -1.00. The van der Waals surface area contributed by atoms with Gasteiger partial charge in [0, 0.05) is 20.6 Å². The maximum absolute atomic E-state index is 13.4. The smallest absolute Gasteiger partial charge is 0.243 e. The number of aryl methyl sites for hydroxylation is 1. The number of hydrogen-bond acceptors (Lipinski definition) is 4. The molecular formula is C26H31N3O4S. The van der Waals surface area contributed by atoms with Gasteiger partial charge in [-0.15, -0.1) is 0 Å². The number of nitrogens with one attached hydrogen (secondary N) is 1. The standard InChI is InChI=1S/C26H31N3O4S/c1-5-24(26(31)27-3)29(17-20-10-8-9-19(2)15-20)25(30)18-28(4)34(32,33)23-14-13-21-11-6-7-12-22(21)16-23/h6-16,24H,5,17-18H2,1-4H3,(H,27,31)/t24-/m1/s1. The lowest BCUT2D eigenvalue weighted by Gasteiger charge is -2.31. The lowest BCUT2D eigenvalue weighted by atomic mass is 10.1. The normalized spacial score (nSPS) is 12.5. The van der Waals surface area contributed by atoms with Crippen molar-refractivity contribution in [2.75, 3.05) is 20.6 Å². The van der Waals surface area contributed by atoms with E-state index in [1.54, 1.807) is 18.2 Å². The SMILES string of the molecule is CC[C@H](C(=O)NC)N(Cc1cccc(C)c1)C(=O)CN(C)S(=O)(=O)c1ccc2ccccc2c1. The molecule has 0 bridgehead atoms. The van der Waals surface area contributed by atoms with Gasteiger partial charge in [0.15, 0.2) is 0 Å². The number of fused-ring (bicyclic) bond motifs is 1. The third-order valence-electron chi connectivity index (χ3n) is 5.85. The Morgan fingerprint density at radius 1 is 0.971 bits per heavy atom. The monoisotopic (exact) mass is 481 g/mol.